The number of benzene rings is 2. The van der Waals surface area contributed by atoms with Gasteiger partial charge in [-0.3, -0.25) is 4.98 Å². The molecule has 0 atom stereocenters. The van der Waals surface area contributed by atoms with Crippen LogP contribution in [0.25, 0.3) is 6.08 Å². The third-order valence-electron chi connectivity index (χ3n) is 3.97. The Hall–Kier alpha value is -3.44. The second kappa shape index (κ2) is 8.06. The predicted molar refractivity (Wildman–Crippen MR) is 107 cm³/mol. The van der Waals surface area contributed by atoms with Gasteiger partial charge in [0.05, 0.1) is 0 Å². The summed E-state index contributed by atoms with van der Waals surface area (Å²) >= 11 is 5.95. The zero-order valence-corrected chi connectivity index (χ0v) is 15.5. The van der Waals surface area contributed by atoms with E-state index in [0.717, 1.165) is 11.1 Å². The van der Waals surface area contributed by atoms with Crippen LogP contribution in [0.1, 0.15) is 16.8 Å². The lowest BCUT2D eigenvalue weighted by Crippen LogP contribution is -2.07. The largest absolute Gasteiger partial charge is 0.489 e. The van der Waals surface area contributed by atoms with Crippen molar-refractivity contribution in [3.8, 4) is 5.75 Å². The van der Waals surface area contributed by atoms with Crippen LogP contribution in [-0.2, 0) is 16.1 Å². The fourth-order valence-electron chi connectivity index (χ4n) is 2.63. The van der Waals surface area contributed by atoms with Crippen LogP contribution in [0.2, 0.25) is 5.02 Å². The van der Waals surface area contributed by atoms with Gasteiger partial charge in [0, 0.05) is 11.2 Å². The van der Waals surface area contributed by atoms with Crippen LogP contribution in [0.15, 0.2) is 83.6 Å². The summed E-state index contributed by atoms with van der Waals surface area (Å²) in [6.45, 7) is 0.464. The number of aromatic nitrogens is 1. The fourth-order valence-corrected chi connectivity index (χ4v) is 2.79. The third kappa shape index (κ3) is 4.27. The van der Waals surface area contributed by atoms with Gasteiger partial charge >= 0.3 is 5.97 Å². The molecule has 0 bridgehead atoms. The van der Waals surface area contributed by atoms with Crippen molar-refractivity contribution >= 4 is 29.5 Å². The number of halogens is 1. The number of cyclic esters (lactones) is 1. The van der Waals surface area contributed by atoms with Gasteiger partial charge in [-0.05, 0) is 41.5 Å². The van der Waals surface area contributed by atoms with Gasteiger partial charge in [-0.25, -0.2) is 9.79 Å². The molecule has 5 nitrogen and oxygen atoms in total. The van der Waals surface area contributed by atoms with E-state index in [0.29, 0.717) is 23.1 Å². The van der Waals surface area contributed by atoms with Crippen LogP contribution in [0, 0.1) is 0 Å². The Bertz CT molecular complexity index is 1080. The van der Waals surface area contributed by atoms with E-state index in [4.69, 9.17) is 21.1 Å². The van der Waals surface area contributed by atoms with Crippen molar-refractivity contribution in [3.05, 3.63) is 100 Å². The van der Waals surface area contributed by atoms with Crippen LogP contribution in [0.4, 0.5) is 0 Å². The van der Waals surface area contributed by atoms with Crippen molar-refractivity contribution < 1.29 is 14.3 Å². The quantitative estimate of drug-likeness (QED) is 0.469. The maximum Gasteiger partial charge on any atom is 0.363 e. The molecule has 1 aromatic heterocycles. The lowest BCUT2D eigenvalue weighted by molar-refractivity contribution is -0.129. The summed E-state index contributed by atoms with van der Waals surface area (Å²) in [5, 5.41) is 0.490. The topological polar surface area (TPSA) is 60.8 Å². The van der Waals surface area contributed by atoms with Crippen molar-refractivity contribution in [2.75, 3.05) is 0 Å². The van der Waals surface area contributed by atoms with E-state index in [2.05, 4.69) is 9.98 Å². The van der Waals surface area contributed by atoms with Crippen LogP contribution in [-0.4, -0.2) is 16.9 Å². The Balaban J connectivity index is 1.52. The zero-order chi connectivity index (χ0) is 19.3. The first-order valence-corrected chi connectivity index (χ1v) is 8.96. The van der Waals surface area contributed by atoms with Crippen LogP contribution < -0.4 is 4.74 Å². The average Bonchev–Trinajstić information content (AvgIpc) is 3.08. The number of aliphatic imine (C=N–C) groups is 1. The molecule has 138 valence electrons. The van der Waals surface area contributed by atoms with E-state index in [9.17, 15) is 4.79 Å². The zero-order valence-electron chi connectivity index (χ0n) is 14.7. The highest BCUT2D eigenvalue weighted by atomic mass is 35.5. The molecule has 4 rings (SSSR count). The lowest BCUT2D eigenvalue weighted by atomic mass is 10.2. The number of carbonyl (C=O) groups is 1. The van der Waals surface area contributed by atoms with Crippen molar-refractivity contribution in [3.63, 3.8) is 0 Å². The van der Waals surface area contributed by atoms with Crippen molar-refractivity contribution in [1.29, 1.82) is 0 Å². The first-order chi connectivity index (χ1) is 13.7. The summed E-state index contributed by atoms with van der Waals surface area (Å²) in [7, 11) is 0. The van der Waals surface area contributed by atoms with E-state index in [1.54, 1.807) is 18.2 Å². The monoisotopic (exact) mass is 390 g/mol. The molecule has 0 spiro atoms. The molecule has 3 aromatic rings. The number of carbonyl (C=O) groups excluding carboxylic acids is 1. The van der Waals surface area contributed by atoms with E-state index in [1.165, 1.54) is 6.20 Å². The van der Waals surface area contributed by atoms with E-state index >= 15 is 0 Å². The molecule has 0 N–H and O–H groups in total. The van der Waals surface area contributed by atoms with E-state index in [1.807, 2.05) is 54.6 Å². The standard InChI is InChI=1S/C22H15ClN2O3/c23-17-9-10-24-19(13-17)21-25-20(22(26)28-21)12-16-7-4-8-18(11-16)27-14-15-5-2-1-3-6-15/h1-13H,14H2/b20-12-. The normalized spacial score (nSPS) is 14.7. The molecule has 0 amide bonds. The molecule has 2 aromatic carbocycles. The fraction of sp³-hybridized carbons (Fsp3) is 0.0455. The number of rotatable bonds is 5. The molecule has 1 aliphatic heterocycles. The summed E-state index contributed by atoms with van der Waals surface area (Å²) in [6.07, 6.45) is 3.18. The smallest absolute Gasteiger partial charge is 0.363 e. The number of hydrogen-bond donors (Lipinski definition) is 0. The SMILES string of the molecule is O=C1OC(c2cc(Cl)ccn2)=N/C1=C\c1cccc(OCc2ccccc2)c1. The van der Waals surface area contributed by atoms with Gasteiger partial charge in [0.2, 0.25) is 5.90 Å². The van der Waals surface area contributed by atoms with Gasteiger partial charge in [-0.1, -0.05) is 54.1 Å². The molecule has 6 heteroatoms. The Labute approximate surface area is 166 Å². The highest BCUT2D eigenvalue weighted by Gasteiger charge is 2.25. The first kappa shape index (κ1) is 17.9. The Morgan fingerprint density at radius 2 is 1.89 bits per heavy atom. The minimum atomic E-state index is -0.535. The van der Waals surface area contributed by atoms with Crippen molar-refractivity contribution in [1.82, 2.24) is 4.98 Å². The predicted octanol–water partition coefficient (Wildman–Crippen LogP) is 4.66. The summed E-state index contributed by atoms with van der Waals surface area (Å²) in [5.74, 6) is 0.299. The molecule has 0 unspecified atom stereocenters. The summed E-state index contributed by atoms with van der Waals surface area (Å²) in [4.78, 5) is 20.5. The Morgan fingerprint density at radius 3 is 2.71 bits per heavy atom. The van der Waals surface area contributed by atoms with Gasteiger partial charge < -0.3 is 9.47 Å². The first-order valence-electron chi connectivity index (χ1n) is 8.59. The molecule has 0 saturated heterocycles. The van der Waals surface area contributed by atoms with Crippen LogP contribution in [0.3, 0.4) is 0 Å². The molecular weight excluding hydrogens is 376 g/mol. The van der Waals surface area contributed by atoms with Gasteiger partial charge in [-0.15, -0.1) is 0 Å². The molecule has 28 heavy (non-hydrogen) atoms. The van der Waals surface area contributed by atoms with Crippen molar-refractivity contribution in [2.45, 2.75) is 6.61 Å². The highest BCUT2D eigenvalue weighted by Crippen LogP contribution is 2.22. The highest BCUT2D eigenvalue weighted by molar-refractivity contribution is 6.31. The number of hydrogen-bond acceptors (Lipinski definition) is 5. The molecule has 1 aliphatic rings. The maximum absolute atomic E-state index is 12.1. The summed E-state index contributed by atoms with van der Waals surface area (Å²) in [5.41, 5.74) is 2.46. The minimum absolute atomic E-state index is 0.134. The number of ether oxygens (including phenoxy) is 2. The number of nitrogens with zero attached hydrogens (tertiary/aromatic N) is 2. The molecule has 0 aliphatic carbocycles. The third-order valence-corrected chi connectivity index (χ3v) is 4.21. The molecular formula is C22H15ClN2O3. The van der Waals surface area contributed by atoms with E-state index in [-0.39, 0.29) is 11.6 Å². The molecule has 0 fully saturated rings. The lowest BCUT2D eigenvalue weighted by Gasteiger charge is -2.07. The molecule has 2 heterocycles. The van der Waals surface area contributed by atoms with E-state index < -0.39 is 5.97 Å². The van der Waals surface area contributed by atoms with Crippen LogP contribution in [0.5, 0.6) is 5.75 Å². The summed E-state index contributed by atoms with van der Waals surface area (Å²) < 4.78 is 11.0. The molecule has 0 saturated carbocycles. The van der Waals surface area contributed by atoms with Gasteiger partial charge in [-0.2, -0.15) is 0 Å². The van der Waals surface area contributed by atoms with Crippen LogP contribution >= 0.6 is 11.6 Å². The second-order valence-corrected chi connectivity index (χ2v) is 6.48. The number of pyridine rings is 1. The van der Waals surface area contributed by atoms with Gasteiger partial charge in [0.1, 0.15) is 18.1 Å². The Morgan fingerprint density at radius 1 is 1.04 bits per heavy atom. The van der Waals surface area contributed by atoms with Gasteiger partial charge in [0.15, 0.2) is 5.70 Å². The van der Waals surface area contributed by atoms with Crippen molar-refractivity contribution in [2.24, 2.45) is 4.99 Å². The summed E-state index contributed by atoms with van der Waals surface area (Å²) in [6, 6.07) is 20.6. The van der Waals surface area contributed by atoms with Gasteiger partial charge in [0.25, 0.3) is 0 Å². The molecule has 0 radical (unpaired) electrons. The Kier molecular flexibility index (Phi) is 5.17. The average molecular weight is 391 g/mol. The maximum atomic E-state index is 12.1. The number of esters is 1. The minimum Gasteiger partial charge on any atom is -0.489 e. The second-order valence-electron chi connectivity index (χ2n) is 6.04.